The van der Waals surface area contributed by atoms with Gasteiger partial charge in [-0.1, -0.05) is 44.9 Å². The van der Waals surface area contributed by atoms with Gasteiger partial charge in [0.1, 0.15) is 10.3 Å². The number of nitrogens with zero attached hydrogens (tertiary/aromatic N) is 2. The van der Waals surface area contributed by atoms with Crippen LogP contribution in [0.25, 0.3) is 10.3 Å². The van der Waals surface area contributed by atoms with Crippen LogP contribution in [0.3, 0.4) is 0 Å². The minimum Gasteiger partial charge on any atom is -0.307 e. The molecule has 1 saturated carbocycles. The molecule has 0 amide bonds. The van der Waals surface area contributed by atoms with E-state index in [1.807, 2.05) is 23.1 Å². The Bertz CT molecular complexity index is 831. The van der Waals surface area contributed by atoms with Gasteiger partial charge in [-0.05, 0) is 50.9 Å². The van der Waals surface area contributed by atoms with E-state index in [-0.39, 0.29) is 5.43 Å². The van der Waals surface area contributed by atoms with Gasteiger partial charge in [0.2, 0.25) is 5.43 Å². The van der Waals surface area contributed by atoms with Gasteiger partial charge in [0.25, 0.3) is 0 Å². The predicted octanol–water partition coefficient (Wildman–Crippen LogP) is 5.98. The van der Waals surface area contributed by atoms with Crippen LogP contribution in [-0.2, 0) is 12.8 Å². The van der Waals surface area contributed by atoms with Gasteiger partial charge in [0.15, 0.2) is 5.16 Å². The first kappa shape index (κ1) is 18.5. The number of thioether (sulfide) groups is 1. The van der Waals surface area contributed by atoms with E-state index in [9.17, 15) is 4.79 Å². The van der Waals surface area contributed by atoms with Crippen molar-refractivity contribution in [2.45, 2.75) is 89.3 Å². The summed E-state index contributed by atoms with van der Waals surface area (Å²) in [4.78, 5) is 20.5. The maximum Gasteiger partial charge on any atom is 0.211 e. The predicted molar refractivity (Wildman–Crippen MR) is 113 cm³/mol. The molecule has 0 atom stereocenters. The van der Waals surface area contributed by atoms with E-state index in [2.05, 4.69) is 18.4 Å². The number of hydrogen-bond donors (Lipinski definition) is 0. The molecule has 0 N–H and O–H groups in total. The highest BCUT2D eigenvalue weighted by Gasteiger charge is 2.26. The van der Waals surface area contributed by atoms with Gasteiger partial charge in [0.05, 0.1) is 0 Å². The molecule has 0 aromatic carbocycles. The normalized spacial score (nSPS) is 18.6. The van der Waals surface area contributed by atoms with Gasteiger partial charge in [-0.25, -0.2) is 4.98 Å². The minimum atomic E-state index is 0.230. The van der Waals surface area contributed by atoms with Crippen molar-refractivity contribution in [2.24, 2.45) is 5.92 Å². The summed E-state index contributed by atoms with van der Waals surface area (Å²) in [6, 6.07) is 0.535. The molecule has 2 heterocycles. The highest BCUT2D eigenvalue weighted by atomic mass is 32.2. The van der Waals surface area contributed by atoms with Crippen LogP contribution < -0.4 is 5.43 Å². The number of aryl methyl sites for hydroxylation is 1. The Balaban J connectivity index is 1.79. The molecule has 5 heteroatoms. The van der Waals surface area contributed by atoms with E-state index in [4.69, 9.17) is 4.98 Å². The summed E-state index contributed by atoms with van der Waals surface area (Å²) in [7, 11) is 0. The van der Waals surface area contributed by atoms with E-state index >= 15 is 0 Å². The van der Waals surface area contributed by atoms with Crippen molar-refractivity contribution in [3.05, 3.63) is 20.7 Å². The fourth-order valence-electron chi connectivity index (χ4n) is 4.28. The fourth-order valence-corrected chi connectivity index (χ4v) is 7.01. The summed E-state index contributed by atoms with van der Waals surface area (Å²) in [6.07, 6.45) is 12.0. The minimum absolute atomic E-state index is 0.230. The van der Waals surface area contributed by atoms with E-state index in [1.54, 1.807) is 0 Å². The van der Waals surface area contributed by atoms with Crippen LogP contribution in [0.4, 0.5) is 0 Å². The van der Waals surface area contributed by atoms with Gasteiger partial charge in [0, 0.05) is 22.2 Å². The molecule has 142 valence electrons. The van der Waals surface area contributed by atoms with E-state index in [0.29, 0.717) is 12.0 Å². The quantitative estimate of drug-likeness (QED) is 0.589. The number of imidazole rings is 1. The first-order valence-corrected chi connectivity index (χ1v) is 12.1. The first-order valence-electron chi connectivity index (χ1n) is 10.3. The maximum absolute atomic E-state index is 13.1. The lowest BCUT2D eigenvalue weighted by Crippen LogP contribution is -2.17. The van der Waals surface area contributed by atoms with Crippen LogP contribution in [0.15, 0.2) is 9.95 Å². The molecule has 0 spiro atoms. The van der Waals surface area contributed by atoms with Gasteiger partial charge in [-0.2, -0.15) is 0 Å². The third-order valence-electron chi connectivity index (χ3n) is 5.83. The molecular weight excluding hydrogens is 360 g/mol. The molecule has 1 fully saturated rings. The molecule has 2 aliphatic rings. The number of fused-ring (bicyclic) bond motifs is 2. The second kappa shape index (κ2) is 8.05. The molecular formula is C21H30N2OS2. The zero-order chi connectivity index (χ0) is 18.1. The van der Waals surface area contributed by atoms with Crippen molar-refractivity contribution in [2.75, 3.05) is 5.75 Å². The van der Waals surface area contributed by atoms with Crippen molar-refractivity contribution in [1.29, 1.82) is 0 Å². The van der Waals surface area contributed by atoms with Crippen molar-refractivity contribution < 1.29 is 0 Å². The van der Waals surface area contributed by atoms with Crippen molar-refractivity contribution in [1.82, 2.24) is 9.55 Å². The molecule has 2 aromatic heterocycles. The molecule has 2 aromatic rings. The fraction of sp³-hybridized carbons (Fsp3) is 0.714. The summed E-state index contributed by atoms with van der Waals surface area (Å²) in [5.41, 5.74) is 2.06. The SMILES string of the molecule is CC(C)CCSc1nc2c(=O)c3c(sc2n1C1CCCCC1)CCCC3. The van der Waals surface area contributed by atoms with Gasteiger partial charge < -0.3 is 4.57 Å². The first-order chi connectivity index (χ1) is 12.6. The van der Waals surface area contributed by atoms with Crippen molar-refractivity contribution >= 4 is 33.4 Å². The second-order valence-corrected chi connectivity index (χ2v) is 10.4. The maximum atomic E-state index is 13.1. The lowest BCUT2D eigenvalue weighted by molar-refractivity contribution is 0.344. The average Bonchev–Trinajstić information content (AvgIpc) is 3.01. The Morgan fingerprint density at radius 3 is 2.69 bits per heavy atom. The van der Waals surface area contributed by atoms with Gasteiger partial charge >= 0.3 is 0 Å². The zero-order valence-corrected chi connectivity index (χ0v) is 17.7. The molecule has 0 bridgehead atoms. The Kier molecular flexibility index (Phi) is 5.75. The Hall–Kier alpha value is -0.810. The Morgan fingerprint density at radius 1 is 1.15 bits per heavy atom. The van der Waals surface area contributed by atoms with E-state index < -0.39 is 0 Å². The summed E-state index contributed by atoms with van der Waals surface area (Å²) < 4.78 is 2.47. The van der Waals surface area contributed by atoms with Crippen molar-refractivity contribution in [3.8, 4) is 0 Å². The van der Waals surface area contributed by atoms with Crippen molar-refractivity contribution in [3.63, 3.8) is 0 Å². The summed E-state index contributed by atoms with van der Waals surface area (Å²) >= 11 is 3.74. The second-order valence-electron chi connectivity index (χ2n) is 8.28. The topological polar surface area (TPSA) is 34.9 Å². The zero-order valence-electron chi connectivity index (χ0n) is 16.1. The number of aromatic nitrogens is 2. The Labute approximate surface area is 164 Å². The monoisotopic (exact) mass is 390 g/mol. The standard InChI is InChI=1S/C21H30N2OS2/c1-14(2)12-13-25-21-22-18-19(24)16-10-6-7-11-17(16)26-20(18)23(21)15-8-4-3-5-9-15/h14-15H,3-13H2,1-2H3. The van der Waals surface area contributed by atoms with Crippen LogP contribution in [0.5, 0.6) is 0 Å². The van der Waals surface area contributed by atoms with Crippen LogP contribution in [0.1, 0.15) is 81.7 Å². The molecule has 4 rings (SSSR count). The smallest absolute Gasteiger partial charge is 0.211 e. The molecule has 0 aliphatic heterocycles. The third-order valence-corrected chi connectivity index (χ3v) is 8.09. The van der Waals surface area contributed by atoms with Crippen LogP contribution >= 0.6 is 23.1 Å². The van der Waals surface area contributed by atoms with Crippen LogP contribution in [-0.4, -0.2) is 15.3 Å². The lowest BCUT2D eigenvalue weighted by atomic mass is 9.95. The molecule has 0 saturated heterocycles. The van der Waals surface area contributed by atoms with Gasteiger partial charge in [-0.3, -0.25) is 4.79 Å². The summed E-state index contributed by atoms with van der Waals surface area (Å²) in [6.45, 7) is 4.55. The highest BCUT2D eigenvalue weighted by molar-refractivity contribution is 7.99. The molecule has 2 aliphatic carbocycles. The lowest BCUT2D eigenvalue weighted by Gasteiger charge is -2.25. The van der Waals surface area contributed by atoms with Crippen LogP contribution in [0.2, 0.25) is 0 Å². The highest BCUT2D eigenvalue weighted by Crippen LogP contribution is 2.38. The largest absolute Gasteiger partial charge is 0.307 e. The third kappa shape index (κ3) is 3.62. The number of rotatable bonds is 5. The molecule has 0 unspecified atom stereocenters. The van der Waals surface area contributed by atoms with Crippen LogP contribution in [0, 0.1) is 5.92 Å². The van der Waals surface area contributed by atoms with E-state index in [1.165, 1.54) is 49.8 Å². The summed E-state index contributed by atoms with van der Waals surface area (Å²) in [5, 5.41) is 1.10. The molecule has 3 nitrogen and oxygen atoms in total. The average molecular weight is 391 g/mol. The van der Waals surface area contributed by atoms with Gasteiger partial charge in [-0.15, -0.1) is 11.3 Å². The van der Waals surface area contributed by atoms with E-state index in [0.717, 1.165) is 46.1 Å². The molecule has 0 radical (unpaired) electrons. The molecule has 26 heavy (non-hydrogen) atoms. The number of hydrogen-bond acceptors (Lipinski definition) is 4. The summed E-state index contributed by atoms with van der Waals surface area (Å²) in [5.74, 6) is 1.80. The Morgan fingerprint density at radius 2 is 1.92 bits per heavy atom.